The van der Waals surface area contributed by atoms with Crippen molar-refractivity contribution in [2.24, 2.45) is 0 Å². The van der Waals surface area contributed by atoms with Gasteiger partial charge >= 0.3 is 0 Å². The molecule has 0 aliphatic heterocycles. The molecule has 0 fully saturated rings. The second-order valence-electron chi connectivity index (χ2n) is 17.5. The van der Waals surface area contributed by atoms with Crippen LogP contribution in [0, 0.1) is 0 Å². The van der Waals surface area contributed by atoms with Crippen molar-refractivity contribution in [3.8, 4) is 0 Å². The average Bonchev–Trinajstić information content (AvgIpc) is 4.17. The Morgan fingerprint density at radius 3 is 0.985 bits per heavy atom. The quantitative estimate of drug-likeness (QED) is 0.166. The minimum atomic E-state index is 0.796. The van der Waals surface area contributed by atoms with E-state index in [1.165, 1.54) is 0 Å². The Morgan fingerprint density at radius 2 is 0.544 bits per heavy atom. The van der Waals surface area contributed by atoms with Crippen molar-refractivity contribution < 1.29 is 17.7 Å². The lowest BCUT2D eigenvalue weighted by molar-refractivity contribution is 0.663. The van der Waals surface area contributed by atoms with Gasteiger partial charge in [-0.3, -0.25) is 0 Å². The van der Waals surface area contributed by atoms with Gasteiger partial charge in [-0.05, 0) is 95.7 Å². The molecule has 0 atom stereocenters. The second kappa shape index (κ2) is 14.1. The Bertz CT molecular complexity index is 4230. The lowest BCUT2D eigenvalue weighted by Crippen LogP contribution is -2.10. The van der Waals surface area contributed by atoms with Crippen molar-refractivity contribution in [2.45, 2.75) is 0 Å². The summed E-state index contributed by atoms with van der Waals surface area (Å²) in [5.41, 5.74) is 12.8. The highest BCUT2D eigenvalue weighted by molar-refractivity contribution is 6.35. The smallest absolute Gasteiger partial charge is 0.138 e. The molecule has 6 heteroatoms. The van der Waals surface area contributed by atoms with Crippen LogP contribution in [0.5, 0.6) is 0 Å². The van der Waals surface area contributed by atoms with Crippen LogP contribution in [0.3, 0.4) is 0 Å². The third-order valence-electron chi connectivity index (χ3n) is 13.8. The largest absolute Gasteiger partial charge is 0.456 e. The summed E-state index contributed by atoms with van der Waals surface area (Å²) in [5, 5.41) is 12.9. The lowest BCUT2D eigenvalue weighted by Gasteiger charge is -2.27. The zero-order valence-corrected chi connectivity index (χ0v) is 36.3. The highest BCUT2D eigenvalue weighted by atomic mass is 16.3. The van der Waals surface area contributed by atoms with Crippen LogP contribution < -0.4 is 9.80 Å². The number of hydrogen-bond donors (Lipinski definition) is 0. The van der Waals surface area contributed by atoms with Crippen molar-refractivity contribution in [3.63, 3.8) is 0 Å². The SMILES string of the molecule is c1ccc(N(c2ccc3oc4ccccc4c3c2)c2cc3oc4ccc5oc6cc(N(c7ccccc7)c7ccc8oc9ccccc9c8c7)c7ccccc7c6c5c4c3c3ccccc23)cc1. The lowest BCUT2D eigenvalue weighted by atomic mass is 9.96. The van der Waals surface area contributed by atoms with E-state index in [9.17, 15) is 0 Å². The molecular weight excluding hydrogens is 837 g/mol. The molecule has 0 aliphatic carbocycles. The van der Waals surface area contributed by atoms with E-state index in [0.29, 0.717) is 0 Å². The van der Waals surface area contributed by atoms with Crippen molar-refractivity contribution in [2.75, 3.05) is 9.80 Å². The van der Waals surface area contributed by atoms with E-state index < -0.39 is 0 Å². The maximum Gasteiger partial charge on any atom is 0.138 e. The Balaban J connectivity index is 0.983. The Morgan fingerprint density at radius 1 is 0.206 bits per heavy atom. The molecule has 6 nitrogen and oxygen atoms in total. The van der Waals surface area contributed by atoms with Gasteiger partial charge in [0.05, 0.1) is 11.4 Å². The summed E-state index contributed by atoms with van der Waals surface area (Å²) in [4.78, 5) is 4.67. The van der Waals surface area contributed by atoms with Gasteiger partial charge in [0.1, 0.15) is 44.7 Å². The number of hydrogen-bond acceptors (Lipinski definition) is 6. The number of nitrogens with zero attached hydrogens (tertiary/aromatic N) is 2. The van der Waals surface area contributed by atoms with Crippen molar-refractivity contribution in [3.05, 3.63) is 218 Å². The van der Waals surface area contributed by atoms with E-state index >= 15 is 0 Å². The highest BCUT2D eigenvalue weighted by Crippen LogP contribution is 2.51. The molecule has 0 aliphatic rings. The molecular formula is C62H36N2O4. The van der Waals surface area contributed by atoms with Gasteiger partial charge in [-0.25, -0.2) is 0 Å². The number of benzene rings is 11. The van der Waals surface area contributed by atoms with Crippen LogP contribution in [0.2, 0.25) is 0 Å². The van der Waals surface area contributed by atoms with E-state index in [4.69, 9.17) is 17.7 Å². The number of para-hydroxylation sites is 4. The van der Waals surface area contributed by atoms with Crippen LogP contribution in [-0.4, -0.2) is 0 Å². The third kappa shape index (κ3) is 5.34. The van der Waals surface area contributed by atoms with E-state index in [0.717, 1.165) is 143 Å². The minimum absolute atomic E-state index is 0.796. The monoisotopic (exact) mass is 872 g/mol. The fourth-order valence-electron chi connectivity index (χ4n) is 10.9. The molecule has 0 bridgehead atoms. The zero-order chi connectivity index (χ0) is 44.5. The first-order valence-corrected chi connectivity index (χ1v) is 22.9. The molecule has 0 N–H and O–H groups in total. The summed E-state index contributed by atoms with van der Waals surface area (Å²) in [7, 11) is 0. The van der Waals surface area contributed by atoms with E-state index in [-0.39, 0.29) is 0 Å². The summed E-state index contributed by atoms with van der Waals surface area (Å²) in [6.07, 6.45) is 0. The molecule has 0 saturated heterocycles. The maximum atomic E-state index is 7.01. The van der Waals surface area contributed by atoms with Gasteiger partial charge in [-0.1, -0.05) is 121 Å². The van der Waals surface area contributed by atoms with Gasteiger partial charge in [-0.2, -0.15) is 0 Å². The van der Waals surface area contributed by atoms with Gasteiger partial charge in [0.15, 0.2) is 0 Å². The van der Waals surface area contributed by atoms with Crippen LogP contribution >= 0.6 is 0 Å². The molecule has 4 aromatic heterocycles. The van der Waals surface area contributed by atoms with Crippen molar-refractivity contribution in [1.29, 1.82) is 0 Å². The van der Waals surface area contributed by atoms with Gasteiger partial charge in [-0.15, -0.1) is 0 Å². The molecule has 11 aromatic carbocycles. The summed E-state index contributed by atoms with van der Waals surface area (Å²) < 4.78 is 26.6. The third-order valence-corrected chi connectivity index (χ3v) is 13.8. The average molecular weight is 873 g/mol. The maximum absolute atomic E-state index is 7.01. The fourth-order valence-corrected chi connectivity index (χ4v) is 10.9. The molecule has 4 heterocycles. The first-order chi connectivity index (χ1) is 33.7. The van der Waals surface area contributed by atoms with Gasteiger partial charge < -0.3 is 27.5 Å². The number of furan rings is 4. The van der Waals surface area contributed by atoms with Crippen LogP contribution in [0.1, 0.15) is 0 Å². The van der Waals surface area contributed by atoms with E-state index in [1.807, 2.05) is 24.3 Å². The van der Waals surface area contributed by atoms with Crippen LogP contribution in [-0.2, 0) is 0 Å². The highest BCUT2D eigenvalue weighted by Gasteiger charge is 2.26. The van der Waals surface area contributed by atoms with Crippen LogP contribution in [0.4, 0.5) is 34.1 Å². The topological polar surface area (TPSA) is 59.0 Å². The van der Waals surface area contributed by atoms with Crippen LogP contribution in [0.15, 0.2) is 236 Å². The van der Waals surface area contributed by atoms with Crippen LogP contribution in [0.25, 0.3) is 109 Å². The first kappa shape index (κ1) is 37.0. The predicted molar refractivity (Wildman–Crippen MR) is 280 cm³/mol. The normalized spacial score (nSPS) is 12.1. The van der Waals surface area contributed by atoms with Crippen molar-refractivity contribution in [1.82, 2.24) is 0 Å². The molecule has 0 unspecified atom stereocenters. The fraction of sp³-hybridized carbons (Fsp3) is 0. The molecule has 318 valence electrons. The second-order valence-corrected chi connectivity index (χ2v) is 17.5. The zero-order valence-electron chi connectivity index (χ0n) is 36.3. The number of rotatable bonds is 6. The van der Waals surface area contributed by atoms with E-state index in [2.05, 4.69) is 204 Å². The first-order valence-electron chi connectivity index (χ1n) is 22.9. The molecule has 15 aromatic rings. The van der Waals surface area contributed by atoms with Gasteiger partial charge in [0.2, 0.25) is 0 Å². The molecule has 68 heavy (non-hydrogen) atoms. The summed E-state index contributed by atoms with van der Waals surface area (Å²) >= 11 is 0. The number of anilines is 6. The Hall–Kier alpha value is -9.26. The standard InChI is InChI=1S/C62H36N2O4/c1-3-15-37(16-4-1)63(39-27-29-53-47(33-39)43-21-11-13-25-51(43)65-53)49-35-57-59(45-23-9-7-19-41(45)49)61-55(67-57)31-32-56-62(61)60-46-24-10-8-20-42(46)50(36-58(60)68-56)64(38-17-5-2-6-18-38)40-28-30-54-48(34-40)44-22-12-14-26-52(44)66-54/h1-36H. The van der Waals surface area contributed by atoms with Gasteiger partial charge in [0.25, 0.3) is 0 Å². The Kier molecular flexibility index (Phi) is 7.69. The predicted octanol–water partition coefficient (Wildman–Crippen LogP) is 18.5. The van der Waals surface area contributed by atoms with Crippen molar-refractivity contribution >= 4 is 143 Å². The molecule has 0 amide bonds. The molecule has 0 radical (unpaired) electrons. The summed E-state index contributed by atoms with van der Waals surface area (Å²) in [6, 6.07) is 76.4. The molecule has 0 saturated carbocycles. The molecule has 15 rings (SSSR count). The molecule has 0 spiro atoms. The Labute approximate surface area is 387 Å². The minimum Gasteiger partial charge on any atom is -0.456 e. The summed E-state index contributed by atoms with van der Waals surface area (Å²) in [5.74, 6) is 0. The van der Waals surface area contributed by atoms with E-state index in [1.54, 1.807) is 0 Å². The number of fused-ring (bicyclic) bond motifs is 17. The summed E-state index contributed by atoms with van der Waals surface area (Å²) in [6.45, 7) is 0. The van der Waals surface area contributed by atoms with Gasteiger partial charge in [0, 0.05) is 88.7 Å².